The summed E-state index contributed by atoms with van der Waals surface area (Å²) in [6, 6.07) is 3.49. The molecule has 0 bridgehead atoms. The first kappa shape index (κ1) is 11.6. The molecule has 0 fully saturated rings. The van der Waals surface area contributed by atoms with Gasteiger partial charge in [0.15, 0.2) is 0 Å². The van der Waals surface area contributed by atoms with Crippen LogP contribution in [0.5, 0.6) is 0 Å². The van der Waals surface area contributed by atoms with Gasteiger partial charge in [-0.1, -0.05) is 11.6 Å². The first-order valence-electron chi connectivity index (χ1n) is 3.46. The van der Waals surface area contributed by atoms with Crippen LogP contribution in [-0.4, -0.2) is 13.6 Å². The Hall–Kier alpha value is -0.520. The normalized spacial score (nSPS) is 11.4. The molecule has 78 valence electrons. The molecule has 0 spiro atoms. The van der Waals surface area contributed by atoms with Gasteiger partial charge in [0.05, 0.1) is 10.7 Å². The van der Waals surface area contributed by atoms with E-state index in [9.17, 15) is 12.8 Å². The van der Waals surface area contributed by atoms with E-state index >= 15 is 0 Å². The highest BCUT2D eigenvalue weighted by Gasteiger charge is 2.09. The highest BCUT2D eigenvalue weighted by atomic mass is 35.5. The molecule has 1 aromatic rings. The van der Waals surface area contributed by atoms with Crippen LogP contribution in [0, 0.1) is 5.82 Å². The highest BCUT2D eigenvalue weighted by molar-refractivity contribution is 7.93. The third-order valence-corrected chi connectivity index (χ3v) is 3.32. The average Bonchev–Trinajstić information content (AvgIpc) is 2.11. The van der Waals surface area contributed by atoms with Crippen LogP contribution in [0.1, 0.15) is 0 Å². The Morgan fingerprint density at radius 1 is 1.43 bits per heavy atom. The zero-order chi connectivity index (χ0) is 10.8. The van der Waals surface area contributed by atoms with Gasteiger partial charge >= 0.3 is 0 Å². The number of halogens is 3. The molecule has 1 rings (SSSR count). The standard InChI is InChI=1S/C7H6Cl2FNO2S/c8-4-14(12,13)11-5-1-2-7(10)6(9)3-5/h1-3,11H,4H2. The van der Waals surface area contributed by atoms with Crippen molar-refractivity contribution >= 4 is 38.9 Å². The monoisotopic (exact) mass is 257 g/mol. The van der Waals surface area contributed by atoms with Gasteiger partial charge in [-0.2, -0.15) is 0 Å². The molecule has 0 atom stereocenters. The molecular weight excluding hydrogens is 252 g/mol. The Morgan fingerprint density at radius 2 is 2.07 bits per heavy atom. The molecule has 3 nitrogen and oxygen atoms in total. The lowest BCUT2D eigenvalue weighted by atomic mass is 10.3. The van der Waals surface area contributed by atoms with Crippen molar-refractivity contribution in [2.45, 2.75) is 0 Å². The van der Waals surface area contributed by atoms with Gasteiger partial charge in [-0.15, -0.1) is 11.6 Å². The first-order valence-corrected chi connectivity index (χ1v) is 6.02. The van der Waals surface area contributed by atoms with Crippen molar-refractivity contribution in [2.75, 3.05) is 9.93 Å². The molecule has 0 aliphatic heterocycles. The van der Waals surface area contributed by atoms with Gasteiger partial charge in [-0.3, -0.25) is 4.72 Å². The third kappa shape index (κ3) is 3.01. The van der Waals surface area contributed by atoms with Crippen LogP contribution >= 0.6 is 23.2 Å². The summed E-state index contributed by atoms with van der Waals surface area (Å²) >= 11 is 10.6. The highest BCUT2D eigenvalue weighted by Crippen LogP contribution is 2.20. The molecule has 0 radical (unpaired) electrons. The molecule has 0 unspecified atom stereocenters. The fraction of sp³-hybridized carbons (Fsp3) is 0.143. The van der Waals surface area contributed by atoms with Crippen molar-refractivity contribution in [2.24, 2.45) is 0 Å². The fourth-order valence-corrected chi connectivity index (χ4v) is 1.65. The van der Waals surface area contributed by atoms with Crippen LogP contribution in [-0.2, 0) is 10.0 Å². The number of alkyl halides is 1. The summed E-state index contributed by atoms with van der Waals surface area (Å²) in [5, 5.41) is -0.720. The number of rotatable bonds is 3. The predicted molar refractivity (Wildman–Crippen MR) is 54.7 cm³/mol. The fourth-order valence-electron chi connectivity index (χ4n) is 0.766. The van der Waals surface area contributed by atoms with Crippen LogP contribution in [0.2, 0.25) is 5.02 Å². The second kappa shape index (κ2) is 4.33. The Labute approximate surface area is 90.9 Å². The van der Waals surface area contributed by atoms with E-state index in [4.69, 9.17) is 23.2 Å². The molecule has 1 aromatic carbocycles. The van der Waals surface area contributed by atoms with Crippen molar-refractivity contribution in [3.8, 4) is 0 Å². The Bertz CT molecular complexity index is 435. The number of nitrogens with one attached hydrogen (secondary N) is 1. The Morgan fingerprint density at radius 3 is 2.57 bits per heavy atom. The number of hydrogen-bond acceptors (Lipinski definition) is 2. The zero-order valence-electron chi connectivity index (χ0n) is 6.80. The molecule has 0 aliphatic carbocycles. The van der Waals surface area contributed by atoms with Crippen LogP contribution < -0.4 is 4.72 Å². The number of hydrogen-bond donors (Lipinski definition) is 1. The summed E-state index contributed by atoms with van der Waals surface area (Å²) in [5.41, 5.74) is 0.178. The molecule has 7 heteroatoms. The number of anilines is 1. The van der Waals surface area contributed by atoms with E-state index in [1.165, 1.54) is 12.1 Å². The predicted octanol–water partition coefficient (Wildman–Crippen LogP) is 2.42. The van der Waals surface area contributed by atoms with Crippen molar-refractivity contribution < 1.29 is 12.8 Å². The molecule has 0 aromatic heterocycles. The molecule has 0 saturated heterocycles. The maximum atomic E-state index is 12.7. The summed E-state index contributed by atoms with van der Waals surface area (Å²) in [4.78, 5) is 0. The summed E-state index contributed by atoms with van der Waals surface area (Å²) in [6.45, 7) is 0. The van der Waals surface area contributed by atoms with Crippen molar-refractivity contribution in [3.05, 3.63) is 29.0 Å². The Kier molecular flexibility index (Phi) is 3.58. The summed E-state index contributed by atoms with van der Waals surface area (Å²) in [6.07, 6.45) is 0. The summed E-state index contributed by atoms with van der Waals surface area (Å²) in [5.74, 6) is -0.611. The minimum absolute atomic E-state index is 0.153. The van der Waals surface area contributed by atoms with E-state index in [1.54, 1.807) is 0 Å². The van der Waals surface area contributed by atoms with E-state index in [-0.39, 0.29) is 10.7 Å². The lowest BCUT2D eigenvalue weighted by Gasteiger charge is -2.05. The van der Waals surface area contributed by atoms with E-state index in [0.717, 1.165) is 6.07 Å². The minimum Gasteiger partial charge on any atom is -0.283 e. The van der Waals surface area contributed by atoms with Gasteiger partial charge in [0.2, 0.25) is 10.0 Å². The zero-order valence-corrected chi connectivity index (χ0v) is 9.13. The van der Waals surface area contributed by atoms with Gasteiger partial charge in [0, 0.05) is 0 Å². The molecule has 0 aliphatic rings. The number of sulfonamides is 1. The minimum atomic E-state index is -3.57. The molecular formula is C7H6Cl2FNO2S. The quantitative estimate of drug-likeness (QED) is 0.846. The van der Waals surface area contributed by atoms with Crippen molar-refractivity contribution in [1.29, 1.82) is 0 Å². The number of benzene rings is 1. The van der Waals surface area contributed by atoms with E-state index in [0.29, 0.717) is 0 Å². The average molecular weight is 258 g/mol. The van der Waals surface area contributed by atoms with Crippen LogP contribution in [0.15, 0.2) is 18.2 Å². The van der Waals surface area contributed by atoms with E-state index < -0.39 is 21.1 Å². The smallest absolute Gasteiger partial charge is 0.246 e. The van der Waals surface area contributed by atoms with Crippen molar-refractivity contribution in [3.63, 3.8) is 0 Å². The summed E-state index contributed by atoms with van der Waals surface area (Å²) in [7, 11) is -3.57. The van der Waals surface area contributed by atoms with Gasteiger partial charge in [0.25, 0.3) is 0 Å². The van der Waals surface area contributed by atoms with Gasteiger partial charge in [-0.05, 0) is 18.2 Å². The second-order valence-electron chi connectivity index (χ2n) is 2.45. The summed E-state index contributed by atoms with van der Waals surface area (Å²) < 4.78 is 36.8. The van der Waals surface area contributed by atoms with Gasteiger partial charge in [0.1, 0.15) is 11.0 Å². The van der Waals surface area contributed by atoms with E-state index in [1.807, 2.05) is 0 Å². The largest absolute Gasteiger partial charge is 0.283 e. The molecule has 1 N–H and O–H groups in total. The third-order valence-electron chi connectivity index (χ3n) is 1.34. The van der Waals surface area contributed by atoms with Crippen LogP contribution in [0.3, 0.4) is 0 Å². The lowest BCUT2D eigenvalue weighted by molar-refractivity contribution is 0.605. The topological polar surface area (TPSA) is 46.2 Å². The SMILES string of the molecule is O=S(=O)(CCl)Nc1ccc(F)c(Cl)c1. The van der Waals surface area contributed by atoms with E-state index in [2.05, 4.69) is 4.72 Å². The van der Waals surface area contributed by atoms with Gasteiger partial charge < -0.3 is 0 Å². The maximum absolute atomic E-state index is 12.7. The molecule has 0 saturated carbocycles. The molecule has 14 heavy (non-hydrogen) atoms. The van der Waals surface area contributed by atoms with Crippen LogP contribution in [0.25, 0.3) is 0 Å². The second-order valence-corrected chi connectivity index (χ2v) is 5.17. The van der Waals surface area contributed by atoms with Crippen LogP contribution in [0.4, 0.5) is 10.1 Å². The van der Waals surface area contributed by atoms with Crippen molar-refractivity contribution in [1.82, 2.24) is 0 Å². The molecule has 0 heterocycles. The lowest BCUT2D eigenvalue weighted by Crippen LogP contribution is -2.13. The molecule has 0 amide bonds. The maximum Gasteiger partial charge on any atom is 0.246 e. The first-order chi connectivity index (χ1) is 6.44. The Balaban J connectivity index is 2.94. The van der Waals surface area contributed by atoms with Gasteiger partial charge in [-0.25, -0.2) is 12.8 Å².